The molecule has 0 saturated heterocycles. The Bertz CT molecular complexity index is 273. The van der Waals surface area contributed by atoms with Crippen molar-refractivity contribution in [1.29, 1.82) is 0 Å². The first-order valence-corrected chi connectivity index (χ1v) is 5.69. The van der Waals surface area contributed by atoms with Crippen LogP contribution in [0.3, 0.4) is 0 Å². The molecular weight excluding hydrogens is 170 g/mol. The van der Waals surface area contributed by atoms with Crippen molar-refractivity contribution in [2.75, 3.05) is 6.54 Å². The Labute approximate surface area is 87.7 Å². The van der Waals surface area contributed by atoms with Crippen LogP contribution in [0.25, 0.3) is 0 Å². The summed E-state index contributed by atoms with van der Waals surface area (Å²) in [6.07, 6.45) is 9.41. The summed E-state index contributed by atoms with van der Waals surface area (Å²) in [7, 11) is 0. The molecule has 78 valence electrons. The molecule has 1 N–H and O–H groups in total. The molecule has 0 aromatic rings. The lowest BCUT2D eigenvalue weighted by molar-refractivity contribution is 0.123. The van der Waals surface area contributed by atoms with Crippen LogP contribution in [-0.2, 0) is 0 Å². The van der Waals surface area contributed by atoms with Crippen molar-refractivity contribution in [3.8, 4) is 12.3 Å². The van der Waals surface area contributed by atoms with Gasteiger partial charge in [0.2, 0.25) is 0 Å². The van der Waals surface area contributed by atoms with E-state index in [0.717, 1.165) is 12.5 Å². The van der Waals surface area contributed by atoms with Crippen LogP contribution in [0.5, 0.6) is 0 Å². The Morgan fingerprint density at radius 2 is 2.14 bits per heavy atom. The normalized spacial score (nSPS) is 43.9. The molecule has 0 spiro atoms. The zero-order valence-electron chi connectivity index (χ0n) is 9.56. The van der Waals surface area contributed by atoms with E-state index in [9.17, 15) is 0 Å². The van der Waals surface area contributed by atoms with Crippen molar-refractivity contribution in [2.24, 2.45) is 16.7 Å². The highest BCUT2D eigenvalue weighted by Gasteiger charge is 2.60. The SMILES string of the molecule is C#CCNC1CC2CC[C@@]1(C)C2(C)C. The van der Waals surface area contributed by atoms with E-state index in [0.29, 0.717) is 16.9 Å². The fourth-order valence-corrected chi connectivity index (χ4v) is 3.69. The smallest absolute Gasteiger partial charge is 0.0576 e. The number of fused-ring (bicyclic) bond motifs is 2. The van der Waals surface area contributed by atoms with Gasteiger partial charge < -0.3 is 5.32 Å². The van der Waals surface area contributed by atoms with Crippen LogP contribution in [0, 0.1) is 29.1 Å². The topological polar surface area (TPSA) is 12.0 Å². The highest BCUT2D eigenvalue weighted by Crippen LogP contribution is 2.65. The summed E-state index contributed by atoms with van der Waals surface area (Å²) in [5.74, 6) is 3.59. The minimum absolute atomic E-state index is 0.467. The second-order valence-electron chi connectivity index (χ2n) is 5.75. The third kappa shape index (κ3) is 1.07. The Morgan fingerprint density at radius 1 is 1.43 bits per heavy atom. The van der Waals surface area contributed by atoms with Gasteiger partial charge in [0.25, 0.3) is 0 Å². The monoisotopic (exact) mass is 191 g/mol. The number of hydrogen-bond donors (Lipinski definition) is 1. The molecule has 2 fully saturated rings. The van der Waals surface area contributed by atoms with E-state index >= 15 is 0 Å². The molecule has 2 aliphatic rings. The molecule has 0 aromatic heterocycles. The zero-order chi connectivity index (χ0) is 10.4. The van der Waals surface area contributed by atoms with Crippen LogP contribution in [0.2, 0.25) is 0 Å². The second-order valence-corrected chi connectivity index (χ2v) is 5.75. The molecule has 0 radical (unpaired) electrons. The van der Waals surface area contributed by atoms with Gasteiger partial charge in [0.1, 0.15) is 0 Å². The van der Waals surface area contributed by atoms with E-state index in [-0.39, 0.29) is 0 Å². The molecule has 0 amide bonds. The third-order valence-electron chi connectivity index (χ3n) is 5.24. The Kier molecular flexibility index (Phi) is 2.16. The average Bonchev–Trinajstić information content (AvgIpc) is 2.46. The minimum Gasteiger partial charge on any atom is -0.303 e. The van der Waals surface area contributed by atoms with Gasteiger partial charge in [-0.1, -0.05) is 26.7 Å². The van der Waals surface area contributed by atoms with Crippen LogP contribution in [0.15, 0.2) is 0 Å². The summed E-state index contributed by atoms with van der Waals surface area (Å²) in [6.45, 7) is 8.03. The lowest BCUT2D eigenvalue weighted by Gasteiger charge is -2.39. The van der Waals surface area contributed by atoms with Gasteiger partial charge in [-0.25, -0.2) is 0 Å². The van der Waals surface area contributed by atoms with E-state index in [1.807, 2.05) is 0 Å². The first-order valence-electron chi connectivity index (χ1n) is 5.69. The molecule has 14 heavy (non-hydrogen) atoms. The van der Waals surface area contributed by atoms with Crippen molar-refractivity contribution in [2.45, 2.75) is 46.1 Å². The molecule has 2 saturated carbocycles. The quantitative estimate of drug-likeness (QED) is 0.661. The lowest BCUT2D eigenvalue weighted by Crippen LogP contribution is -2.44. The fourth-order valence-electron chi connectivity index (χ4n) is 3.69. The number of rotatable bonds is 2. The third-order valence-corrected chi connectivity index (χ3v) is 5.24. The van der Waals surface area contributed by atoms with E-state index < -0.39 is 0 Å². The van der Waals surface area contributed by atoms with Crippen molar-refractivity contribution in [1.82, 2.24) is 5.32 Å². The van der Waals surface area contributed by atoms with E-state index in [1.54, 1.807) is 0 Å². The molecule has 2 rings (SSSR count). The maximum Gasteiger partial charge on any atom is 0.0576 e. The van der Waals surface area contributed by atoms with Gasteiger partial charge in [0.05, 0.1) is 6.54 Å². The fraction of sp³-hybridized carbons (Fsp3) is 0.846. The Hall–Kier alpha value is -0.480. The van der Waals surface area contributed by atoms with Gasteiger partial charge in [-0.3, -0.25) is 0 Å². The molecular formula is C13H21N. The van der Waals surface area contributed by atoms with Crippen molar-refractivity contribution < 1.29 is 0 Å². The first kappa shape index (κ1) is 10.1. The zero-order valence-corrected chi connectivity index (χ0v) is 9.56. The predicted octanol–water partition coefficient (Wildman–Crippen LogP) is 2.42. The summed E-state index contributed by atoms with van der Waals surface area (Å²) < 4.78 is 0. The summed E-state index contributed by atoms with van der Waals surface area (Å²) in [4.78, 5) is 0. The molecule has 2 aliphatic carbocycles. The maximum atomic E-state index is 5.30. The van der Waals surface area contributed by atoms with Gasteiger partial charge in [-0.2, -0.15) is 0 Å². The second kappa shape index (κ2) is 3.00. The molecule has 0 heterocycles. The predicted molar refractivity (Wildman–Crippen MR) is 59.9 cm³/mol. The molecule has 0 aliphatic heterocycles. The van der Waals surface area contributed by atoms with Crippen LogP contribution in [0.1, 0.15) is 40.0 Å². The standard InChI is InChI=1S/C13H21N/c1-5-8-14-11-9-10-6-7-13(11,4)12(10,2)3/h1,10-11,14H,6-9H2,2-4H3/t10?,11?,13-/m1/s1. The van der Waals surface area contributed by atoms with Crippen molar-refractivity contribution in [3.05, 3.63) is 0 Å². The molecule has 3 atom stereocenters. The van der Waals surface area contributed by atoms with Crippen LogP contribution in [0.4, 0.5) is 0 Å². The summed E-state index contributed by atoms with van der Waals surface area (Å²) in [5.41, 5.74) is 0.966. The van der Waals surface area contributed by atoms with Crippen molar-refractivity contribution in [3.63, 3.8) is 0 Å². The lowest BCUT2D eigenvalue weighted by atomic mass is 9.69. The van der Waals surface area contributed by atoms with E-state index in [1.165, 1.54) is 19.3 Å². The van der Waals surface area contributed by atoms with Gasteiger partial charge in [-0.05, 0) is 36.0 Å². The van der Waals surface area contributed by atoms with Crippen LogP contribution in [-0.4, -0.2) is 12.6 Å². The van der Waals surface area contributed by atoms with Crippen LogP contribution < -0.4 is 5.32 Å². The summed E-state index contributed by atoms with van der Waals surface area (Å²) >= 11 is 0. The van der Waals surface area contributed by atoms with Gasteiger partial charge in [-0.15, -0.1) is 6.42 Å². The van der Waals surface area contributed by atoms with E-state index in [4.69, 9.17) is 6.42 Å². The highest BCUT2D eigenvalue weighted by atomic mass is 15.0. The summed E-state index contributed by atoms with van der Waals surface area (Å²) in [6, 6.07) is 0.646. The average molecular weight is 191 g/mol. The van der Waals surface area contributed by atoms with Gasteiger partial charge in [0, 0.05) is 6.04 Å². The minimum atomic E-state index is 0.467. The first-order chi connectivity index (χ1) is 6.52. The largest absolute Gasteiger partial charge is 0.303 e. The Morgan fingerprint density at radius 3 is 2.57 bits per heavy atom. The molecule has 2 bridgehead atoms. The summed E-state index contributed by atoms with van der Waals surface area (Å²) in [5, 5.41) is 3.52. The Balaban J connectivity index is 2.15. The van der Waals surface area contributed by atoms with Crippen LogP contribution >= 0.6 is 0 Å². The number of nitrogens with one attached hydrogen (secondary N) is 1. The molecule has 2 unspecified atom stereocenters. The number of terminal acetylenes is 1. The maximum absolute atomic E-state index is 5.30. The molecule has 1 heteroatoms. The van der Waals surface area contributed by atoms with Gasteiger partial charge >= 0.3 is 0 Å². The van der Waals surface area contributed by atoms with Crippen molar-refractivity contribution >= 4 is 0 Å². The van der Waals surface area contributed by atoms with Gasteiger partial charge in [0.15, 0.2) is 0 Å². The van der Waals surface area contributed by atoms with E-state index in [2.05, 4.69) is 32.0 Å². The number of hydrogen-bond acceptors (Lipinski definition) is 1. The molecule has 1 nitrogen and oxygen atoms in total. The highest BCUT2D eigenvalue weighted by molar-refractivity contribution is 5.13. The molecule has 0 aromatic carbocycles.